The van der Waals surface area contributed by atoms with Gasteiger partial charge in [0.05, 0.1) is 5.92 Å². The predicted molar refractivity (Wildman–Crippen MR) is 80.1 cm³/mol. The molecule has 114 valence electrons. The van der Waals surface area contributed by atoms with E-state index >= 15 is 0 Å². The summed E-state index contributed by atoms with van der Waals surface area (Å²) >= 11 is 0. The van der Waals surface area contributed by atoms with Crippen LogP contribution >= 0.6 is 0 Å². The molecular formula is C17H23NO3. The molecule has 3 N–H and O–H groups in total. The van der Waals surface area contributed by atoms with Crippen molar-refractivity contribution in [3.63, 3.8) is 0 Å². The number of hydrogen-bond acceptors (Lipinski definition) is 3. The number of phenols is 1. The number of carboxylic acid groups (broad SMARTS) is 1. The number of aryl methyl sites for hydroxylation is 1. The Bertz CT molecular complexity index is 557. The lowest BCUT2D eigenvalue weighted by molar-refractivity contribution is -0.144. The van der Waals surface area contributed by atoms with Crippen molar-refractivity contribution in [1.82, 2.24) is 5.32 Å². The third kappa shape index (κ3) is 2.53. The highest BCUT2D eigenvalue weighted by Crippen LogP contribution is 2.49. The maximum absolute atomic E-state index is 11.6. The molecule has 2 aliphatic rings. The monoisotopic (exact) mass is 289 g/mol. The SMILES string of the molecule is Cc1ccc(O)c(C(C)NC2C3CCC(C3)C2C(=O)O)c1. The van der Waals surface area contributed by atoms with E-state index in [1.807, 2.05) is 26.0 Å². The number of benzene rings is 1. The molecule has 21 heavy (non-hydrogen) atoms. The molecule has 4 heteroatoms. The second-order valence-corrected chi connectivity index (χ2v) is 6.67. The molecule has 0 aliphatic heterocycles. The topological polar surface area (TPSA) is 69.6 Å². The van der Waals surface area contributed by atoms with Crippen molar-refractivity contribution in [3.05, 3.63) is 29.3 Å². The molecule has 4 nitrogen and oxygen atoms in total. The Morgan fingerprint density at radius 2 is 2.05 bits per heavy atom. The first kappa shape index (κ1) is 14.4. The van der Waals surface area contributed by atoms with Crippen LogP contribution in [0.15, 0.2) is 18.2 Å². The lowest BCUT2D eigenvalue weighted by Gasteiger charge is -2.32. The number of hydrogen-bond donors (Lipinski definition) is 3. The summed E-state index contributed by atoms with van der Waals surface area (Å²) < 4.78 is 0. The molecule has 2 fully saturated rings. The fourth-order valence-corrected chi connectivity index (χ4v) is 4.29. The Labute approximate surface area is 125 Å². The highest BCUT2D eigenvalue weighted by Gasteiger charge is 2.51. The zero-order valence-electron chi connectivity index (χ0n) is 12.5. The molecule has 0 heterocycles. The number of fused-ring (bicyclic) bond motifs is 2. The van der Waals surface area contributed by atoms with E-state index < -0.39 is 5.97 Å². The van der Waals surface area contributed by atoms with Gasteiger partial charge in [0.25, 0.3) is 0 Å². The molecule has 0 saturated heterocycles. The van der Waals surface area contributed by atoms with Crippen LogP contribution in [0.1, 0.15) is 43.4 Å². The zero-order valence-corrected chi connectivity index (χ0v) is 12.5. The average Bonchev–Trinajstić information content (AvgIpc) is 3.02. The molecule has 0 spiro atoms. The van der Waals surface area contributed by atoms with Gasteiger partial charge in [0.1, 0.15) is 5.75 Å². The van der Waals surface area contributed by atoms with Crippen molar-refractivity contribution < 1.29 is 15.0 Å². The quantitative estimate of drug-likeness (QED) is 0.797. The third-order valence-corrected chi connectivity index (χ3v) is 5.29. The van der Waals surface area contributed by atoms with E-state index in [2.05, 4.69) is 5.32 Å². The van der Waals surface area contributed by atoms with Crippen LogP contribution in [0.4, 0.5) is 0 Å². The second-order valence-electron chi connectivity index (χ2n) is 6.67. The van der Waals surface area contributed by atoms with Gasteiger partial charge in [-0.15, -0.1) is 0 Å². The maximum Gasteiger partial charge on any atom is 0.308 e. The summed E-state index contributed by atoms with van der Waals surface area (Å²) in [5, 5.41) is 23.0. The smallest absolute Gasteiger partial charge is 0.308 e. The highest BCUT2D eigenvalue weighted by molar-refractivity contribution is 5.72. The molecule has 3 rings (SSSR count). The number of nitrogens with one attached hydrogen (secondary N) is 1. The maximum atomic E-state index is 11.6. The van der Waals surface area contributed by atoms with Gasteiger partial charge in [-0.3, -0.25) is 4.79 Å². The largest absolute Gasteiger partial charge is 0.508 e. The van der Waals surface area contributed by atoms with E-state index in [4.69, 9.17) is 0 Å². The molecule has 0 amide bonds. The molecule has 5 atom stereocenters. The summed E-state index contributed by atoms with van der Waals surface area (Å²) in [5.41, 5.74) is 1.95. The van der Waals surface area contributed by atoms with Gasteiger partial charge in [-0.2, -0.15) is 0 Å². The minimum Gasteiger partial charge on any atom is -0.508 e. The van der Waals surface area contributed by atoms with Gasteiger partial charge in [-0.25, -0.2) is 0 Å². The fourth-order valence-electron chi connectivity index (χ4n) is 4.29. The molecule has 0 aromatic heterocycles. The van der Waals surface area contributed by atoms with Gasteiger partial charge >= 0.3 is 5.97 Å². The Morgan fingerprint density at radius 3 is 2.76 bits per heavy atom. The van der Waals surface area contributed by atoms with E-state index in [1.54, 1.807) is 6.07 Å². The molecular weight excluding hydrogens is 266 g/mol. The standard InChI is InChI=1S/C17H23NO3/c1-9-3-6-14(19)13(7-9)10(2)18-16-12-5-4-11(8-12)15(16)17(20)21/h3,6-7,10-12,15-16,18-19H,4-5,8H2,1-2H3,(H,20,21). The summed E-state index contributed by atoms with van der Waals surface area (Å²) in [7, 11) is 0. The molecule has 1 aromatic rings. The summed E-state index contributed by atoms with van der Waals surface area (Å²) in [5.74, 6) is 0.1000. The number of aliphatic carboxylic acids is 1. The van der Waals surface area contributed by atoms with Crippen molar-refractivity contribution in [2.24, 2.45) is 17.8 Å². The number of carboxylic acids is 1. The summed E-state index contributed by atoms with van der Waals surface area (Å²) in [6.45, 7) is 3.99. The lowest BCUT2D eigenvalue weighted by Crippen LogP contribution is -2.45. The van der Waals surface area contributed by atoms with Crippen LogP contribution in [-0.2, 0) is 4.79 Å². The van der Waals surface area contributed by atoms with E-state index in [-0.39, 0.29) is 23.8 Å². The molecule has 5 unspecified atom stereocenters. The minimum atomic E-state index is -0.680. The first-order valence-corrected chi connectivity index (χ1v) is 7.75. The van der Waals surface area contributed by atoms with E-state index in [9.17, 15) is 15.0 Å². The Morgan fingerprint density at radius 1 is 1.33 bits per heavy atom. The number of carbonyl (C=O) groups is 1. The first-order valence-electron chi connectivity index (χ1n) is 7.75. The van der Waals surface area contributed by atoms with Crippen LogP contribution in [-0.4, -0.2) is 22.2 Å². The summed E-state index contributed by atoms with van der Waals surface area (Å²) in [6.07, 6.45) is 3.20. The van der Waals surface area contributed by atoms with Crippen LogP contribution in [0, 0.1) is 24.7 Å². The van der Waals surface area contributed by atoms with Gasteiger partial charge in [-0.1, -0.05) is 17.7 Å². The molecule has 0 radical (unpaired) electrons. The van der Waals surface area contributed by atoms with Gasteiger partial charge < -0.3 is 15.5 Å². The number of aromatic hydroxyl groups is 1. The second kappa shape index (κ2) is 5.34. The van der Waals surface area contributed by atoms with Crippen LogP contribution in [0.25, 0.3) is 0 Å². The van der Waals surface area contributed by atoms with Gasteiger partial charge in [0.15, 0.2) is 0 Å². The Kier molecular flexibility index (Phi) is 3.66. The molecule has 1 aromatic carbocycles. The Balaban J connectivity index is 1.79. The van der Waals surface area contributed by atoms with Crippen molar-refractivity contribution in [3.8, 4) is 5.75 Å². The number of rotatable bonds is 4. The zero-order chi connectivity index (χ0) is 15.1. The van der Waals surface area contributed by atoms with Crippen molar-refractivity contribution >= 4 is 5.97 Å². The normalized spacial score (nSPS) is 32.3. The van der Waals surface area contributed by atoms with Gasteiger partial charge in [0.2, 0.25) is 0 Å². The van der Waals surface area contributed by atoms with Crippen LogP contribution in [0.2, 0.25) is 0 Å². The highest BCUT2D eigenvalue weighted by atomic mass is 16.4. The minimum absolute atomic E-state index is 0.0242. The van der Waals surface area contributed by atoms with Crippen molar-refractivity contribution in [1.29, 1.82) is 0 Å². The molecule has 2 aliphatic carbocycles. The van der Waals surface area contributed by atoms with Crippen LogP contribution < -0.4 is 5.32 Å². The average molecular weight is 289 g/mol. The molecule has 2 bridgehead atoms. The predicted octanol–water partition coefficient (Wildman–Crippen LogP) is 2.85. The van der Waals surface area contributed by atoms with Crippen molar-refractivity contribution in [2.75, 3.05) is 0 Å². The van der Waals surface area contributed by atoms with Crippen LogP contribution in [0.5, 0.6) is 5.75 Å². The van der Waals surface area contributed by atoms with E-state index in [0.29, 0.717) is 11.8 Å². The Hall–Kier alpha value is -1.55. The third-order valence-electron chi connectivity index (χ3n) is 5.29. The van der Waals surface area contributed by atoms with Crippen molar-refractivity contribution in [2.45, 2.75) is 45.2 Å². The number of phenolic OH excluding ortho intramolecular Hbond substituents is 1. The lowest BCUT2D eigenvalue weighted by atomic mass is 9.84. The summed E-state index contributed by atoms with van der Waals surface area (Å²) in [6, 6.07) is 5.53. The van der Waals surface area contributed by atoms with Crippen LogP contribution in [0.3, 0.4) is 0 Å². The fraction of sp³-hybridized carbons (Fsp3) is 0.588. The van der Waals surface area contributed by atoms with Gasteiger partial charge in [-0.05, 0) is 51.0 Å². The van der Waals surface area contributed by atoms with E-state index in [1.165, 1.54) is 0 Å². The molecule has 2 saturated carbocycles. The summed E-state index contributed by atoms with van der Waals surface area (Å²) in [4.78, 5) is 11.6. The van der Waals surface area contributed by atoms with E-state index in [0.717, 1.165) is 30.4 Å². The van der Waals surface area contributed by atoms with Gasteiger partial charge in [0, 0.05) is 17.6 Å². The first-order chi connectivity index (χ1) is 9.97.